The molecule has 7 heteroatoms. The first kappa shape index (κ1) is 16.1. The molecule has 116 valence electrons. The van der Waals surface area contributed by atoms with Crippen molar-refractivity contribution in [3.8, 4) is 0 Å². The van der Waals surface area contributed by atoms with E-state index in [1.165, 1.54) is 0 Å². The number of anilines is 1. The maximum Gasteiger partial charge on any atom is 0.416 e. The van der Waals surface area contributed by atoms with Crippen LogP contribution in [0.25, 0.3) is 0 Å². The molecule has 21 heavy (non-hydrogen) atoms. The van der Waals surface area contributed by atoms with E-state index < -0.39 is 11.7 Å². The summed E-state index contributed by atoms with van der Waals surface area (Å²) < 4.78 is 38.0. The Kier molecular flexibility index (Phi) is 4.78. The van der Waals surface area contributed by atoms with Crippen LogP contribution in [0.2, 0.25) is 5.02 Å². The second kappa shape index (κ2) is 6.23. The van der Waals surface area contributed by atoms with Crippen LogP contribution in [0.1, 0.15) is 24.8 Å². The number of halogens is 4. The molecule has 0 aromatic heterocycles. The molecule has 0 radical (unpaired) electrons. The van der Waals surface area contributed by atoms with Crippen LogP contribution in [-0.2, 0) is 11.0 Å². The molecule has 1 fully saturated rings. The van der Waals surface area contributed by atoms with Gasteiger partial charge in [0.05, 0.1) is 16.3 Å². The second-order valence-electron chi connectivity index (χ2n) is 5.21. The molecule has 1 amide bonds. The lowest BCUT2D eigenvalue weighted by Crippen LogP contribution is -2.29. The van der Waals surface area contributed by atoms with Crippen LogP contribution in [0.4, 0.5) is 18.9 Å². The number of amides is 1. The van der Waals surface area contributed by atoms with Crippen molar-refractivity contribution < 1.29 is 18.0 Å². The van der Waals surface area contributed by atoms with Gasteiger partial charge in [0.2, 0.25) is 5.91 Å². The normalized spacial score (nSPS) is 22.3. The van der Waals surface area contributed by atoms with Crippen LogP contribution in [0.5, 0.6) is 0 Å². The van der Waals surface area contributed by atoms with Crippen molar-refractivity contribution in [1.82, 2.24) is 0 Å². The Hall–Kier alpha value is -1.27. The number of hydrogen-bond acceptors (Lipinski definition) is 2. The van der Waals surface area contributed by atoms with Gasteiger partial charge in [-0.25, -0.2) is 0 Å². The van der Waals surface area contributed by atoms with Gasteiger partial charge in [-0.1, -0.05) is 18.0 Å². The van der Waals surface area contributed by atoms with Crippen molar-refractivity contribution in [1.29, 1.82) is 0 Å². The second-order valence-corrected chi connectivity index (χ2v) is 5.62. The quantitative estimate of drug-likeness (QED) is 0.892. The summed E-state index contributed by atoms with van der Waals surface area (Å²) in [5, 5.41) is 2.58. The summed E-state index contributed by atoms with van der Waals surface area (Å²) >= 11 is 5.86. The van der Waals surface area contributed by atoms with Crippen molar-refractivity contribution >= 4 is 23.2 Å². The predicted octanol–water partition coefficient (Wildman–Crippen LogP) is 3.67. The number of hydrogen-bond donors (Lipinski definition) is 2. The molecule has 0 aliphatic heterocycles. The predicted molar refractivity (Wildman–Crippen MR) is 75.0 cm³/mol. The first-order valence-electron chi connectivity index (χ1n) is 6.70. The van der Waals surface area contributed by atoms with E-state index in [1.54, 1.807) is 0 Å². The van der Waals surface area contributed by atoms with Crippen LogP contribution in [-0.4, -0.2) is 12.5 Å². The standard InChI is InChI=1S/C14H16ClF3N2O/c15-11-5-4-9(14(16,17)18)6-12(11)20-13(21)10-3-1-2-8(10)7-19/h4-6,8,10H,1-3,7,19H2,(H,20,21). The fourth-order valence-corrected chi connectivity index (χ4v) is 2.85. The maximum atomic E-state index is 12.7. The highest BCUT2D eigenvalue weighted by atomic mass is 35.5. The van der Waals surface area contributed by atoms with Crippen LogP contribution >= 0.6 is 11.6 Å². The molecule has 3 nitrogen and oxygen atoms in total. The molecule has 1 aromatic carbocycles. The fraction of sp³-hybridized carbons (Fsp3) is 0.500. The Bertz CT molecular complexity index is 533. The van der Waals surface area contributed by atoms with Gasteiger partial charge in [0.15, 0.2) is 0 Å². The zero-order valence-electron chi connectivity index (χ0n) is 11.2. The van der Waals surface area contributed by atoms with Crippen molar-refractivity contribution in [2.75, 3.05) is 11.9 Å². The highest BCUT2D eigenvalue weighted by Crippen LogP contribution is 2.35. The van der Waals surface area contributed by atoms with Crippen LogP contribution in [0.15, 0.2) is 18.2 Å². The SMILES string of the molecule is NCC1CCCC1C(=O)Nc1cc(C(F)(F)F)ccc1Cl. The molecule has 0 saturated heterocycles. The third kappa shape index (κ3) is 3.68. The van der Waals surface area contributed by atoms with Gasteiger partial charge in [0, 0.05) is 5.92 Å². The Morgan fingerprint density at radius 2 is 2.10 bits per heavy atom. The Morgan fingerprint density at radius 1 is 1.38 bits per heavy atom. The van der Waals surface area contributed by atoms with E-state index in [2.05, 4.69) is 5.32 Å². The maximum absolute atomic E-state index is 12.7. The van der Waals surface area contributed by atoms with Gasteiger partial charge in [0.1, 0.15) is 0 Å². The highest BCUT2D eigenvalue weighted by Gasteiger charge is 2.34. The molecule has 2 atom stereocenters. The Labute approximate surface area is 125 Å². The van der Waals surface area contributed by atoms with Crippen molar-refractivity contribution in [2.24, 2.45) is 17.6 Å². The third-order valence-corrected chi connectivity index (χ3v) is 4.18. The van der Waals surface area contributed by atoms with Crippen LogP contribution in [0, 0.1) is 11.8 Å². The van der Waals surface area contributed by atoms with Crippen LogP contribution in [0.3, 0.4) is 0 Å². The molecule has 1 aliphatic rings. The number of carbonyl (C=O) groups excluding carboxylic acids is 1. The van der Waals surface area contributed by atoms with Crippen molar-refractivity contribution in [3.63, 3.8) is 0 Å². The number of nitrogens with two attached hydrogens (primary N) is 1. The average molecular weight is 321 g/mol. The van der Waals surface area contributed by atoms with E-state index >= 15 is 0 Å². The molecular formula is C14H16ClF3N2O. The van der Waals surface area contributed by atoms with Gasteiger partial charge < -0.3 is 11.1 Å². The van der Waals surface area contributed by atoms with Crippen molar-refractivity contribution in [3.05, 3.63) is 28.8 Å². The lowest BCUT2D eigenvalue weighted by atomic mass is 9.95. The molecule has 0 spiro atoms. The number of benzene rings is 1. The molecule has 2 rings (SSSR count). The molecule has 0 heterocycles. The number of nitrogens with one attached hydrogen (secondary N) is 1. The van der Waals surface area contributed by atoms with Gasteiger partial charge in [-0.3, -0.25) is 4.79 Å². The summed E-state index contributed by atoms with van der Waals surface area (Å²) in [5.74, 6) is -0.501. The van der Waals surface area contributed by atoms with Gasteiger partial charge in [-0.15, -0.1) is 0 Å². The van der Waals surface area contributed by atoms with E-state index in [0.29, 0.717) is 13.0 Å². The van der Waals surface area contributed by atoms with E-state index in [0.717, 1.165) is 31.0 Å². The number of alkyl halides is 3. The average Bonchev–Trinajstić information content (AvgIpc) is 2.88. The monoisotopic (exact) mass is 320 g/mol. The lowest BCUT2D eigenvalue weighted by molar-refractivity contribution is -0.137. The smallest absolute Gasteiger partial charge is 0.330 e. The summed E-state index contributed by atoms with van der Waals surface area (Å²) in [7, 11) is 0. The van der Waals surface area contributed by atoms with Gasteiger partial charge in [-0.2, -0.15) is 13.2 Å². The summed E-state index contributed by atoms with van der Waals surface area (Å²) in [6, 6.07) is 2.87. The fourth-order valence-electron chi connectivity index (χ4n) is 2.69. The van der Waals surface area contributed by atoms with Gasteiger partial charge in [0.25, 0.3) is 0 Å². The molecular weight excluding hydrogens is 305 g/mol. The Morgan fingerprint density at radius 3 is 2.71 bits per heavy atom. The molecule has 1 saturated carbocycles. The van der Waals surface area contributed by atoms with Crippen LogP contribution < -0.4 is 11.1 Å². The van der Waals surface area contributed by atoms with Gasteiger partial charge in [-0.05, 0) is 43.5 Å². The van der Waals surface area contributed by atoms with E-state index in [-0.39, 0.29) is 28.5 Å². The molecule has 1 aliphatic carbocycles. The topological polar surface area (TPSA) is 55.1 Å². The highest BCUT2D eigenvalue weighted by molar-refractivity contribution is 6.33. The minimum atomic E-state index is -4.47. The third-order valence-electron chi connectivity index (χ3n) is 3.85. The minimum absolute atomic E-state index is 0.0147. The first-order valence-corrected chi connectivity index (χ1v) is 7.08. The minimum Gasteiger partial charge on any atom is -0.330 e. The summed E-state index contributed by atoms with van der Waals surface area (Å²) in [6.45, 7) is 0.397. The van der Waals surface area contributed by atoms with Gasteiger partial charge >= 0.3 is 6.18 Å². The first-order chi connectivity index (χ1) is 9.82. The number of carbonyl (C=O) groups is 1. The molecule has 2 unspecified atom stereocenters. The molecule has 1 aromatic rings. The zero-order chi connectivity index (χ0) is 15.6. The van der Waals surface area contributed by atoms with E-state index in [1.807, 2.05) is 0 Å². The number of rotatable bonds is 3. The Balaban J connectivity index is 2.17. The largest absolute Gasteiger partial charge is 0.416 e. The summed E-state index contributed by atoms with van der Waals surface area (Å²) in [4.78, 5) is 12.2. The van der Waals surface area contributed by atoms with Crippen molar-refractivity contribution in [2.45, 2.75) is 25.4 Å². The summed E-state index contributed by atoms with van der Waals surface area (Å²) in [5.41, 5.74) is 4.75. The summed E-state index contributed by atoms with van der Waals surface area (Å²) in [6.07, 6.45) is -2.01. The van der Waals surface area contributed by atoms with E-state index in [4.69, 9.17) is 17.3 Å². The van der Waals surface area contributed by atoms with E-state index in [9.17, 15) is 18.0 Å². The molecule has 0 bridgehead atoms. The zero-order valence-corrected chi connectivity index (χ0v) is 12.0. The molecule has 3 N–H and O–H groups in total. The lowest BCUT2D eigenvalue weighted by Gasteiger charge is -2.18.